The number of halogens is 1. The van der Waals surface area contributed by atoms with Crippen LogP contribution in [0.3, 0.4) is 0 Å². The van der Waals surface area contributed by atoms with Crippen LogP contribution in [0.25, 0.3) is 0 Å². The van der Waals surface area contributed by atoms with Gasteiger partial charge < -0.3 is 24.3 Å². The van der Waals surface area contributed by atoms with Crippen LogP contribution in [0.1, 0.15) is 44.0 Å². The maximum Gasteiger partial charge on any atom is 0.194 e. The molecule has 31 heavy (non-hydrogen) atoms. The van der Waals surface area contributed by atoms with E-state index in [1.807, 2.05) is 6.07 Å². The third-order valence-electron chi connectivity index (χ3n) is 5.69. The molecule has 0 atom stereocenters. The van der Waals surface area contributed by atoms with Crippen LogP contribution in [0, 0.1) is 0 Å². The largest absolute Gasteiger partial charge is 0.486 e. The standard InChI is InChI=1S/C22H32N6O2.HI/c1-3-21-26-24-16-28(21)11-10-23-22(25-18-6-4-5-7-18)27(2)15-17-8-9-19-20(14-17)30-13-12-29-19;/h8-9,14,16,18H,3-7,10-13,15H2,1-2H3,(H,23,25);1H. The molecule has 0 unspecified atom stereocenters. The van der Waals surface area contributed by atoms with Gasteiger partial charge in [-0.3, -0.25) is 4.99 Å². The second kappa shape index (κ2) is 11.5. The molecule has 0 amide bonds. The first kappa shape index (κ1) is 23.6. The molecule has 1 aromatic heterocycles. The predicted molar refractivity (Wildman–Crippen MR) is 131 cm³/mol. The Morgan fingerprint density at radius 3 is 2.77 bits per heavy atom. The first-order valence-electron chi connectivity index (χ1n) is 11.0. The number of guanidine groups is 1. The quantitative estimate of drug-likeness (QED) is 0.330. The van der Waals surface area contributed by atoms with E-state index in [9.17, 15) is 0 Å². The number of rotatable bonds is 7. The van der Waals surface area contributed by atoms with Gasteiger partial charge in [0.2, 0.25) is 0 Å². The number of nitrogens with zero attached hydrogens (tertiary/aromatic N) is 5. The van der Waals surface area contributed by atoms with Crippen LogP contribution in [-0.2, 0) is 19.5 Å². The number of hydrogen-bond donors (Lipinski definition) is 1. The van der Waals surface area contributed by atoms with Crippen LogP contribution in [0.2, 0.25) is 0 Å². The van der Waals surface area contributed by atoms with Crippen molar-refractivity contribution in [3.63, 3.8) is 0 Å². The Morgan fingerprint density at radius 2 is 2.00 bits per heavy atom. The summed E-state index contributed by atoms with van der Waals surface area (Å²) in [6.07, 6.45) is 7.66. The summed E-state index contributed by atoms with van der Waals surface area (Å²) in [6, 6.07) is 6.68. The molecular formula is C22H33IN6O2. The summed E-state index contributed by atoms with van der Waals surface area (Å²) < 4.78 is 13.5. The van der Waals surface area contributed by atoms with Gasteiger partial charge in [0.05, 0.1) is 6.54 Å². The number of nitrogens with one attached hydrogen (secondary N) is 1. The average molecular weight is 540 g/mol. The molecule has 9 heteroatoms. The third kappa shape index (κ3) is 6.24. The number of benzene rings is 1. The van der Waals surface area contributed by atoms with E-state index in [1.54, 1.807) is 6.33 Å². The van der Waals surface area contributed by atoms with Gasteiger partial charge in [-0.05, 0) is 30.5 Å². The monoisotopic (exact) mass is 540 g/mol. The molecule has 2 aromatic rings. The molecule has 2 heterocycles. The van der Waals surface area contributed by atoms with Crippen LogP contribution >= 0.6 is 24.0 Å². The second-order valence-electron chi connectivity index (χ2n) is 7.96. The Labute approximate surface area is 201 Å². The molecule has 0 saturated heterocycles. The number of hydrogen-bond acceptors (Lipinski definition) is 5. The van der Waals surface area contributed by atoms with Crippen molar-refractivity contribution < 1.29 is 9.47 Å². The molecular weight excluding hydrogens is 507 g/mol. The van der Waals surface area contributed by atoms with Crippen molar-refractivity contribution in [3.8, 4) is 11.5 Å². The molecule has 4 rings (SSSR count). The molecule has 1 saturated carbocycles. The van der Waals surface area contributed by atoms with E-state index in [4.69, 9.17) is 14.5 Å². The van der Waals surface area contributed by atoms with Crippen LogP contribution in [-0.4, -0.2) is 58.5 Å². The molecule has 2 aliphatic rings. The van der Waals surface area contributed by atoms with Crippen molar-refractivity contribution in [3.05, 3.63) is 35.9 Å². The van der Waals surface area contributed by atoms with Gasteiger partial charge in [0, 0.05) is 32.6 Å². The van der Waals surface area contributed by atoms with E-state index in [2.05, 4.69) is 51.1 Å². The maximum absolute atomic E-state index is 5.74. The normalized spacial score (nSPS) is 16.1. The Hall–Kier alpha value is -2.04. The van der Waals surface area contributed by atoms with E-state index in [-0.39, 0.29) is 24.0 Å². The molecule has 1 fully saturated rings. The highest BCUT2D eigenvalue weighted by atomic mass is 127. The second-order valence-corrected chi connectivity index (χ2v) is 7.96. The number of aromatic nitrogens is 3. The van der Waals surface area contributed by atoms with Crippen LogP contribution in [0.15, 0.2) is 29.5 Å². The highest BCUT2D eigenvalue weighted by Crippen LogP contribution is 2.31. The number of aryl methyl sites for hydroxylation is 1. The predicted octanol–water partition coefficient (Wildman–Crippen LogP) is 3.25. The first-order chi connectivity index (χ1) is 14.7. The first-order valence-corrected chi connectivity index (χ1v) is 11.0. The van der Waals surface area contributed by atoms with Crippen molar-refractivity contribution >= 4 is 29.9 Å². The zero-order chi connectivity index (χ0) is 20.8. The molecule has 1 aliphatic carbocycles. The lowest BCUT2D eigenvalue weighted by atomic mass is 10.2. The van der Waals surface area contributed by atoms with Gasteiger partial charge in [0.25, 0.3) is 0 Å². The molecule has 1 aromatic carbocycles. The third-order valence-corrected chi connectivity index (χ3v) is 5.69. The molecule has 1 aliphatic heterocycles. The summed E-state index contributed by atoms with van der Waals surface area (Å²) in [6.45, 7) is 5.53. The van der Waals surface area contributed by atoms with E-state index >= 15 is 0 Å². The lowest BCUT2D eigenvalue weighted by Gasteiger charge is -2.26. The van der Waals surface area contributed by atoms with Crippen molar-refractivity contribution in [1.29, 1.82) is 0 Å². The summed E-state index contributed by atoms with van der Waals surface area (Å²) in [7, 11) is 2.09. The summed E-state index contributed by atoms with van der Waals surface area (Å²) in [5, 5.41) is 11.9. The minimum absolute atomic E-state index is 0. The van der Waals surface area contributed by atoms with Gasteiger partial charge in [0.1, 0.15) is 25.4 Å². The summed E-state index contributed by atoms with van der Waals surface area (Å²) >= 11 is 0. The number of ether oxygens (including phenoxy) is 2. The molecule has 0 radical (unpaired) electrons. The van der Waals surface area contributed by atoms with Gasteiger partial charge in [-0.2, -0.15) is 0 Å². The van der Waals surface area contributed by atoms with Crippen molar-refractivity contribution in [2.45, 2.75) is 58.2 Å². The lowest BCUT2D eigenvalue weighted by Crippen LogP contribution is -2.43. The van der Waals surface area contributed by atoms with E-state index in [0.717, 1.165) is 42.8 Å². The molecule has 170 valence electrons. The Morgan fingerprint density at radius 1 is 1.23 bits per heavy atom. The van der Waals surface area contributed by atoms with E-state index in [0.29, 0.717) is 25.8 Å². The fraction of sp³-hybridized carbons (Fsp3) is 0.591. The SMILES string of the molecule is CCc1nncn1CCN=C(NC1CCCC1)N(C)Cc1ccc2c(c1)OCCO2.I. The van der Waals surface area contributed by atoms with Crippen molar-refractivity contribution in [1.82, 2.24) is 25.0 Å². The summed E-state index contributed by atoms with van der Waals surface area (Å²) in [5.41, 5.74) is 1.18. The average Bonchev–Trinajstić information content (AvgIpc) is 3.44. The highest BCUT2D eigenvalue weighted by Gasteiger charge is 2.19. The zero-order valence-corrected chi connectivity index (χ0v) is 20.7. The van der Waals surface area contributed by atoms with Crippen LogP contribution in [0.4, 0.5) is 0 Å². The number of aliphatic imine (C=N–C) groups is 1. The van der Waals surface area contributed by atoms with Gasteiger partial charge in [0.15, 0.2) is 17.5 Å². The highest BCUT2D eigenvalue weighted by molar-refractivity contribution is 14.0. The fourth-order valence-electron chi connectivity index (χ4n) is 4.07. The minimum atomic E-state index is 0. The summed E-state index contributed by atoms with van der Waals surface area (Å²) in [4.78, 5) is 7.11. The Bertz CT molecular complexity index is 865. The molecule has 1 N–H and O–H groups in total. The van der Waals surface area contributed by atoms with Crippen molar-refractivity contribution in [2.24, 2.45) is 4.99 Å². The zero-order valence-electron chi connectivity index (χ0n) is 18.4. The summed E-state index contributed by atoms with van der Waals surface area (Å²) in [5.74, 6) is 3.60. The van der Waals surface area contributed by atoms with Crippen LogP contribution in [0.5, 0.6) is 11.5 Å². The topological polar surface area (TPSA) is 76.8 Å². The number of fused-ring (bicyclic) bond motifs is 1. The molecule has 0 bridgehead atoms. The lowest BCUT2D eigenvalue weighted by molar-refractivity contribution is 0.171. The van der Waals surface area contributed by atoms with E-state index in [1.165, 1.54) is 31.2 Å². The van der Waals surface area contributed by atoms with Gasteiger partial charge in [-0.1, -0.05) is 25.8 Å². The smallest absolute Gasteiger partial charge is 0.194 e. The Balaban J connectivity index is 0.00000272. The molecule has 8 nitrogen and oxygen atoms in total. The Kier molecular flexibility index (Phi) is 8.79. The van der Waals surface area contributed by atoms with Gasteiger partial charge in [-0.25, -0.2) is 0 Å². The van der Waals surface area contributed by atoms with E-state index < -0.39 is 0 Å². The van der Waals surface area contributed by atoms with Crippen LogP contribution < -0.4 is 14.8 Å². The van der Waals surface area contributed by atoms with Crippen molar-refractivity contribution in [2.75, 3.05) is 26.8 Å². The fourth-order valence-corrected chi connectivity index (χ4v) is 4.07. The maximum atomic E-state index is 5.74. The van der Waals surface area contributed by atoms with Gasteiger partial charge >= 0.3 is 0 Å². The molecule has 0 spiro atoms. The minimum Gasteiger partial charge on any atom is -0.486 e. The van der Waals surface area contributed by atoms with Gasteiger partial charge in [-0.15, -0.1) is 34.2 Å².